The molecule has 0 saturated heterocycles. The maximum absolute atomic E-state index is 9.30. The van der Waals surface area contributed by atoms with Gasteiger partial charge < -0.3 is 5.11 Å². The zero-order valence-electron chi connectivity index (χ0n) is 9.23. The summed E-state index contributed by atoms with van der Waals surface area (Å²) in [5.74, 6) is 0.227. The molecule has 2 rings (SSSR count). The molecule has 2 aromatic rings. The first-order valence-corrected chi connectivity index (χ1v) is 4.98. The van der Waals surface area contributed by atoms with Gasteiger partial charge in [-0.1, -0.05) is 26.0 Å². The molecule has 0 spiro atoms. The number of rotatable bonds is 1. The largest absolute Gasteiger partial charge is 0.508 e. The summed E-state index contributed by atoms with van der Waals surface area (Å²) >= 11 is 0. The first-order chi connectivity index (χ1) is 6.96. The Morgan fingerprint density at radius 1 is 1.33 bits per heavy atom. The van der Waals surface area contributed by atoms with Crippen LogP contribution in [-0.4, -0.2) is 20.1 Å². The first-order valence-electron chi connectivity index (χ1n) is 4.98. The molecule has 1 aromatic heterocycles. The molecule has 1 N–H and O–H groups in total. The fourth-order valence-electron chi connectivity index (χ4n) is 1.53. The average molecular weight is 205 g/mol. The van der Waals surface area contributed by atoms with E-state index in [-0.39, 0.29) is 11.2 Å². The highest BCUT2D eigenvalue weighted by molar-refractivity contribution is 5.75. The molecule has 0 atom stereocenters. The molecular formula is C11H15N3O. The number of benzene rings is 1. The normalized spacial score (nSPS) is 12.2. The molecule has 15 heavy (non-hydrogen) atoms. The molecule has 4 nitrogen and oxygen atoms in total. The Morgan fingerprint density at radius 3 is 2.73 bits per heavy atom. The van der Waals surface area contributed by atoms with Gasteiger partial charge in [-0.05, 0) is 17.5 Å². The van der Waals surface area contributed by atoms with E-state index in [1.54, 1.807) is 12.1 Å². The number of fused-ring (bicyclic) bond motifs is 1. The highest BCUT2D eigenvalue weighted by Crippen LogP contribution is 2.21. The zero-order valence-corrected chi connectivity index (χ0v) is 9.23. The van der Waals surface area contributed by atoms with Gasteiger partial charge >= 0.3 is 0 Å². The van der Waals surface area contributed by atoms with Crippen LogP contribution < -0.4 is 0 Å². The minimum Gasteiger partial charge on any atom is -0.508 e. The van der Waals surface area contributed by atoms with Crippen LogP contribution in [0, 0.1) is 5.41 Å². The van der Waals surface area contributed by atoms with Crippen molar-refractivity contribution in [1.82, 2.24) is 15.0 Å². The van der Waals surface area contributed by atoms with Gasteiger partial charge in [0.2, 0.25) is 0 Å². The lowest BCUT2D eigenvalue weighted by Crippen LogP contribution is -2.16. The highest BCUT2D eigenvalue weighted by Gasteiger charge is 2.14. The molecule has 0 unspecified atom stereocenters. The number of hydrogen-bond acceptors (Lipinski definition) is 3. The molecule has 1 heterocycles. The van der Waals surface area contributed by atoms with Crippen molar-refractivity contribution in [1.29, 1.82) is 0 Å². The van der Waals surface area contributed by atoms with E-state index in [0.29, 0.717) is 0 Å². The molecule has 0 radical (unpaired) electrons. The van der Waals surface area contributed by atoms with Crippen molar-refractivity contribution in [2.45, 2.75) is 27.3 Å². The Morgan fingerprint density at radius 2 is 2.07 bits per heavy atom. The lowest BCUT2D eigenvalue weighted by molar-refractivity contribution is 0.327. The van der Waals surface area contributed by atoms with Gasteiger partial charge in [-0.3, -0.25) is 0 Å². The third-order valence-corrected chi connectivity index (χ3v) is 2.12. The number of phenols is 1. The first kappa shape index (κ1) is 9.96. The minimum atomic E-state index is 0.165. The molecule has 0 fully saturated rings. The summed E-state index contributed by atoms with van der Waals surface area (Å²) in [5.41, 5.74) is 1.86. The third-order valence-electron chi connectivity index (χ3n) is 2.12. The van der Waals surface area contributed by atoms with Gasteiger partial charge in [0.1, 0.15) is 11.3 Å². The summed E-state index contributed by atoms with van der Waals surface area (Å²) in [6.07, 6.45) is 0. The van der Waals surface area contributed by atoms with Crippen LogP contribution in [0.15, 0.2) is 18.2 Å². The van der Waals surface area contributed by atoms with Crippen molar-refractivity contribution >= 4 is 11.0 Å². The Bertz CT molecular complexity index is 482. The van der Waals surface area contributed by atoms with E-state index in [9.17, 15) is 5.11 Å². The molecule has 0 amide bonds. The molecule has 80 valence electrons. The van der Waals surface area contributed by atoms with Crippen LogP contribution in [0.2, 0.25) is 0 Å². The van der Waals surface area contributed by atoms with Crippen molar-refractivity contribution < 1.29 is 5.11 Å². The molecule has 4 heteroatoms. The Kier molecular flexibility index (Phi) is 2.14. The molecule has 0 aliphatic heterocycles. The number of aromatic nitrogens is 3. The van der Waals surface area contributed by atoms with Crippen LogP contribution in [0.25, 0.3) is 11.0 Å². The second-order valence-corrected chi connectivity index (χ2v) is 4.98. The van der Waals surface area contributed by atoms with Gasteiger partial charge in [-0.2, -0.15) is 0 Å². The van der Waals surface area contributed by atoms with Crippen molar-refractivity contribution in [2.75, 3.05) is 0 Å². The second-order valence-electron chi connectivity index (χ2n) is 4.98. The lowest BCUT2D eigenvalue weighted by Gasteiger charge is -2.17. The van der Waals surface area contributed by atoms with Crippen LogP contribution in [0.4, 0.5) is 0 Å². The van der Waals surface area contributed by atoms with E-state index in [1.165, 1.54) is 0 Å². The van der Waals surface area contributed by atoms with Crippen LogP contribution >= 0.6 is 0 Å². The third kappa shape index (κ3) is 2.09. The van der Waals surface area contributed by atoms with E-state index in [2.05, 4.69) is 31.1 Å². The summed E-state index contributed by atoms with van der Waals surface area (Å²) in [6.45, 7) is 7.27. The maximum atomic E-state index is 9.30. The predicted molar refractivity (Wildman–Crippen MR) is 58.6 cm³/mol. The number of nitrogens with zero attached hydrogens (tertiary/aromatic N) is 3. The Hall–Kier alpha value is -1.58. The number of aromatic hydroxyl groups is 1. The highest BCUT2D eigenvalue weighted by atomic mass is 16.3. The van der Waals surface area contributed by atoms with Crippen LogP contribution in [0.5, 0.6) is 5.75 Å². The monoisotopic (exact) mass is 205 g/mol. The molecular weight excluding hydrogens is 190 g/mol. The smallest absolute Gasteiger partial charge is 0.117 e. The summed E-state index contributed by atoms with van der Waals surface area (Å²) in [7, 11) is 0. The van der Waals surface area contributed by atoms with Crippen molar-refractivity contribution in [3.8, 4) is 5.75 Å². The maximum Gasteiger partial charge on any atom is 0.117 e. The van der Waals surface area contributed by atoms with Crippen LogP contribution in [-0.2, 0) is 6.54 Å². The van der Waals surface area contributed by atoms with Gasteiger partial charge in [0.25, 0.3) is 0 Å². The lowest BCUT2D eigenvalue weighted by atomic mass is 9.97. The summed E-state index contributed by atoms with van der Waals surface area (Å²) < 4.78 is 1.87. The fourth-order valence-corrected chi connectivity index (χ4v) is 1.53. The van der Waals surface area contributed by atoms with Gasteiger partial charge in [-0.15, -0.1) is 5.10 Å². The number of hydrogen-bond donors (Lipinski definition) is 1. The summed E-state index contributed by atoms with van der Waals surface area (Å²) in [4.78, 5) is 0. The minimum absolute atomic E-state index is 0.165. The van der Waals surface area contributed by atoms with Gasteiger partial charge in [0, 0.05) is 12.6 Å². The number of phenolic OH excluding ortho intramolecular Hbond substituents is 1. The Labute approximate surface area is 88.5 Å². The van der Waals surface area contributed by atoms with E-state index < -0.39 is 0 Å². The van der Waals surface area contributed by atoms with Crippen molar-refractivity contribution in [2.24, 2.45) is 5.41 Å². The molecule has 0 aliphatic carbocycles. The Balaban J connectivity index is 2.45. The molecule has 0 bridgehead atoms. The fraction of sp³-hybridized carbons (Fsp3) is 0.455. The topological polar surface area (TPSA) is 50.9 Å². The second kappa shape index (κ2) is 3.22. The molecule has 1 aromatic carbocycles. The van der Waals surface area contributed by atoms with Crippen LogP contribution in [0.1, 0.15) is 20.8 Å². The quantitative estimate of drug-likeness (QED) is 0.776. The van der Waals surface area contributed by atoms with Crippen LogP contribution in [0.3, 0.4) is 0 Å². The van der Waals surface area contributed by atoms with E-state index >= 15 is 0 Å². The summed E-state index contributed by atoms with van der Waals surface area (Å²) in [6, 6.07) is 5.13. The zero-order chi connectivity index (χ0) is 11.1. The molecule has 0 aliphatic rings. The van der Waals surface area contributed by atoms with Gasteiger partial charge in [0.15, 0.2) is 0 Å². The van der Waals surface area contributed by atoms with Crippen molar-refractivity contribution in [3.05, 3.63) is 18.2 Å². The van der Waals surface area contributed by atoms with Gasteiger partial charge in [0.05, 0.1) is 5.52 Å². The predicted octanol–water partition coefficient (Wildman–Crippen LogP) is 2.18. The summed E-state index contributed by atoms with van der Waals surface area (Å²) in [5, 5.41) is 17.4. The average Bonchev–Trinajstić information content (AvgIpc) is 2.45. The standard InChI is InChI=1S/C11H15N3O/c1-11(2,3)7-14-10-5-4-8(15)6-9(10)12-13-14/h4-6,15H,7H2,1-3H3. The molecule has 0 saturated carbocycles. The van der Waals surface area contributed by atoms with Crippen molar-refractivity contribution in [3.63, 3.8) is 0 Å². The van der Waals surface area contributed by atoms with E-state index in [4.69, 9.17) is 0 Å². The van der Waals surface area contributed by atoms with E-state index in [0.717, 1.165) is 17.6 Å². The van der Waals surface area contributed by atoms with E-state index in [1.807, 2.05) is 10.7 Å². The van der Waals surface area contributed by atoms with Gasteiger partial charge in [-0.25, -0.2) is 4.68 Å². The SMILES string of the molecule is CC(C)(C)Cn1nnc2cc(O)ccc21.